The van der Waals surface area contributed by atoms with Crippen LogP contribution in [0.2, 0.25) is 5.02 Å². The summed E-state index contributed by atoms with van der Waals surface area (Å²) in [5, 5.41) is 12.9. The molecular weight excluding hydrogens is 342 g/mol. The van der Waals surface area contributed by atoms with Crippen LogP contribution in [0.5, 0.6) is 0 Å². The molecule has 3 rings (SSSR count). The average Bonchev–Trinajstić information content (AvgIpc) is 3.06. The van der Waals surface area contributed by atoms with Gasteiger partial charge in [-0.25, -0.2) is 0 Å². The summed E-state index contributed by atoms with van der Waals surface area (Å²) in [7, 11) is 0. The standard InChI is InChI=1S/C15H8ClNO5S/c16-10-3-1-7(14(19)20)5-9(10)11-4-2-8(22-11)6-12-13(18)17-15(21)23-12/h1-6H,(H,19,20)(H,17,18,21)/p-1/b12-6-. The van der Waals surface area contributed by atoms with E-state index in [9.17, 15) is 19.5 Å². The van der Waals surface area contributed by atoms with Crippen molar-refractivity contribution in [2.75, 3.05) is 0 Å². The van der Waals surface area contributed by atoms with Gasteiger partial charge in [0.05, 0.1) is 15.9 Å². The number of hydrogen-bond donors (Lipinski definition) is 1. The zero-order valence-corrected chi connectivity index (χ0v) is 12.9. The van der Waals surface area contributed by atoms with Crippen molar-refractivity contribution in [2.24, 2.45) is 0 Å². The molecule has 6 nitrogen and oxygen atoms in total. The summed E-state index contributed by atoms with van der Waals surface area (Å²) >= 11 is 6.83. The molecular formula is C15H7ClNO5S-. The number of furan rings is 1. The lowest BCUT2D eigenvalue weighted by Crippen LogP contribution is -2.22. The summed E-state index contributed by atoms with van der Waals surface area (Å²) in [4.78, 5) is 33.7. The van der Waals surface area contributed by atoms with E-state index >= 15 is 0 Å². The van der Waals surface area contributed by atoms with Crippen molar-refractivity contribution in [3.8, 4) is 11.3 Å². The molecule has 2 heterocycles. The number of aromatic carboxylic acids is 1. The normalized spacial score (nSPS) is 16.0. The minimum absolute atomic E-state index is 0.0305. The van der Waals surface area contributed by atoms with Crippen LogP contribution in [0.3, 0.4) is 0 Å². The highest BCUT2D eigenvalue weighted by atomic mass is 35.5. The second-order valence-corrected chi connectivity index (χ2v) is 5.96. The smallest absolute Gasteiger partial charge is 0.290 e. The van der Waals surface area contributed by atoms with Gasteiger partial charge in [-0.15, -0.1) is 0 Å². The highest BCUT2D eigenvalue weighted by Gasteiger charge is 2.25. The monoisotopic (exact) mass is 348 g/mol. The molecule has 1 saturated heterocycles. The third-order valence-corrected chi connectivity index (χ3v) is 4.15. The fourth-order valence-corrected chi connectivity index (χ4v) is 2.84. The SMILES string of the molecule is O=C1NC(=O)/C(=C/c2ccc(-c3cc(C(=O)[O-])ccc3Cl)o2)S1. The Kier molecular flexibility index (Phi) is 3.97. The molecule has 0 unspecified atom stereocenters. The third-order valence-electron chi connectivity index (χ3n) is 3.01. The topological polar surface area (TPSA) is 99.4 Å². The zero-order chi connectivity index (χ0) is 16.6. The van der Waals surface area contributed by atoms with Crippen LogP contribution < -0.4 is 10.4 Å². The van der Waals surface area contributed by atoms with Crippen LogP contribution in [0.4, 0.5) is 4.79 Å². The Balaban J connectivity index is 1.95. The number of carboxylic acids is 1. The molecule has 1 fully saturated rings. The molecule has 0 spiro atoms. The predicted molar refractivity (Wildman–Crippen MR) is 82.6 cm³/mol. The van der Waals surface area contributed by atoms with E-state index in [1.807, 2.05) is 0 Å². The van der Waals surface area contributed by atoms with Crippen molar-refractivity contribution in [1.82, 2.24) is 5.32 Å². The summed E-state index contributed by atoms with van der Waals surface area (Å²) < 4.78 is 5.55. The molecule has 23 heavy (non-hydrogen) atoms. The Morgan fingerprint density at radius 1 is 1.26 bits per heavy atom. The first-order valence-corrected chi connectivity index (χ1v) is 7.49. The fourth-order valence-electron chi connectivity index (χ4n) is 1.97. The van der Waals surface area contributed by atoms with E-state index in [1.165, 1.54) is 24.3 Å². The van der Waals surface area contributed by atoms with Gasteiger partial charge >= 0.3 is 0 Å². The molecule has 0 radical (unpaired) electrons. The van der Waals surface area contributed by atoms with Crippen LogP contribution in [0, 0.1) is 0 Å². The Morgan fingerprint density at radius 2 is 2.04 bits per heavy atom. The number of halogens is 1. The molecule has 1 aliphatic rings. The van der Waals surface area contributed by atoms with Gasteiger partial charge in [-0.3, -0.25) is 14.9 Å². The predicted octanol–water partition coefficient (Wildman–Crippen LogP) is 2.29. The molecule has 1 aromatic carbocycles. The van der Waals surface area contributed by atoms with Gasteiger partial charge < -0.3 is 14.3 Å². The second kappa shape index (κ2) is 5.94. The highest BCUT2D eigenvalue weighted by Crippen LogP contribution is 2.32. The zero-order valence-electron chi connectivity index (χ0n) is 11.3. The number of hydrogen-bond acceptors (Lipinski definition) is 6. The van der Waals surface area contributed by atoms with Crippen molar-refractivity contribution < 1.29 is 23.9 Å². The van der Waals surface area contributed by atoms with Crippen molar-refractivity contribution >= 4 is 46.6 Å². The van der Waals surface area contributed by atoms with E-state index in [4.69, 9.17) is 16.0 Å². The van der Waals surface area contributed by atoms with E-state index in [1.54, 1.807) is 12.1 Å². The van der Waals surface area contributed by atoms with Gasteiger partial charge in [-0.05, 0) is 41.6 Å². The lowest BCUT2D eigenvalue weighted by atomic mass is 10.1. The Labute approximate surface area is 139 Å². The van der Waals surface area contributed by atoms with Crippen molar-refractivity contribution in [3.05, 3.63) is 51.6 Å². The number of thioether (sulfide) groups is 1. The van der Waals surface area contributed by atoms with Gasteiger partial charge in [0, 0.05) is 11.6 Å². The number of nitrogens with one attached hydrogen (secondary N) is 1. The maximum Gasteiger partial charge on any atom is 0.290 e. The minimum atomic E-state index is -1.32. The molecule has 0 bridgehead atoms. The largest absolute Gasteiger partial charge is 0.545 e. The van der Waals surface area contributed by atoms with Crippen LogP contribution in [0.1, 0.15) is 16.1 Å². The number of benzene rings is 1. The minimum Gasteiger partial charge on any atom is -0.545 e. The molecule has 1 N–H and O–H groups in total. The van der Waals surface area contributed by atoms with Crippen LogP contribution in [-0.4, -0.2) is 17.1 Å². The first-order chi connectivity index (χ1) is 10.9. The summed E-state index contributed by atoms with van der Waals surface area (Å²) in [6, 6.07) is 7.28. The summed E-state index contributed by atoms with van der Waals surface area (Å²) in [5.41, 5.74) is 0.356. The van der Waals surface area contributed by atoms with E-state index in [0.717, 1.165) is 11.8 Å². The van der Waals surface area contributed by atoms with Crippen molar-refractivity contribution in [1.29, 1.82) is 0 Å². The fraction of sp³-hybridized carbons (Fsp3) is 0. The van der Waals surface area contributed by atoms with Crippen molar-refractivity contribution in [3.63, 3.8) is 0 Å². The summed E-state index contributed by atoms with van der Waals surface area (Å²) in [6.45, 7) is 0. The van der Waals surface area contributed by atoms with Gasteiger partial charge in [0.2, 0.25) is 0 Å². The van der Waals surface area contributed by atoms with Gasteiger partial charge in [0.25, 0.3) is 11.1 Å². The number of amides is 2. The maximum absolute atomic E-state index is 11.5. The van der Waals surface area contributed by atoms with Gasteiger partial charge in [-0.2, -0.15) is 0 Å². The molecule has 0 saturated carbocycles. The van der Waals surface area contributed by atoms with E-state index in [-0.39, 0.29) is 10.5 Å². The number of carboxylic acid groups (broad SMARTS) is 1. The molecule has 2 aromatic rings. The van der Waals surface area contributed by atoms with E-state index in [0.29, 0.717) is 22.1 Å². The Bertz CT molecular complexity index is 871. The van der Waals surface area contributed by atoms with Crippen LogP contribution in [0.15, 0.2) is 39.7 Å². The first-order valence-electron chi connectivity index (χ1n) is 6.30. The molecule has 2 amide bonds. The quantitative estimate of drug-likeness (QED) is 0.854. The number of rotatable bonds is 3. The highest BCUT2D eigenvalue weighted by molar-refractivity contribution is 8.18. The lowest BCUT2D eigenvalue weighted by Gasteiger charge is -2.06. The van der Waals surface area contributed by atoms with E-state index < -0.39 is 17.1 Å². The summed E-state index contributed by atoms with van der Waals surface area (Å²) in [6.07, 6.45) is 1.42. The van der Waals surface area contributed by atoms with Gasteiger partial charge in [-0.1, -0.05) is 17.7 Å². The van der Waals surface area contributed by atoms with Gasteiger partial charge in [0.1, 0.15) is 11.5 Å². The summed E-state index contributed by atoms with van der Waals surface area (Å²) in [5.74, 6) is -1.15. The molecule has 0 aliphatic carbocycles. The molecule has 116 valence electrons. The van der Waals surface area contributed by atoms with Crippen molar-refractivity contribution in [2.45, 2.75) is 0 Å². The van der Waals surface area contributed by atoms with Crippen LogP contribution in [0.25, 0.3) is 17.4 Å². The first kappa shape index (κ1) is 15.4. The lowest BCUT2D eigenvalue weighted by molar-refractivity contribution is -0.255. The molecule has 1 aromatic heterocycles. The maximum atomic E-state index is 11.5. The third kappa shape index (κ3) is 3.15. The average molecular weight is 349 g/mol. The molecule has 8 heteroatoms. The molecule has 1 aliphatic heterocycles. The van der Waals surface area contributed by atoms with Crippen LogP contribution >= 0.6 is 23.4 Å². The van der Waals surface area contributed by atoms with Gasteiger partial charge in [0.15, 0.2) is 0 Å². The molecule has 0 atom stereocenters. The van der Waals surface area contributed by atoms with Crippen LogP contribution in [-0.2, 0) is 4.79 Å². The second-order valence-electron chi connectivity index (χ2n) is 4.54. The Morgan fingerprint density at radius 3 is 2.70 bits per heavy atom. The number of carbonyl (C=O) groups is 3. The Hall–Kier alpha value is -2.51. The number of carbonyl (C=O) groups excluding carboxylic acids is 3. The number of imide groups is 1. The van der Waals surface area contributed by atoms with E-state index in [2.05, 4.69) is 5.32 Å².